The van der Waals surface area contributed by atoms with Crippen LogP contribution in [0.2, 0.25) is 5.02 Å². The molecular formula is C15H14ClF3N2O2. The van der Waals surface area contributed by atoms with Crippen molar-refractivity contribution >= 4 is 29.0 Å². The van der Waals surface area contributed by atoms with Crippen LogP contribution in [-0.2, 0) is 9.59 Å². The Morgan fingerprint density at radius 1 is 1.35 bits per heavy atom. The van der Waals surface area contributed by atoms with E-state index in [4.69, 9.17) is 11.6 Å². The van der Waals surface area contributed by atoms with Crippen LogP contribution in [0.5, 0.6) is 0 Å². The van der Waals surface area contributed by atoms with Crippen LogP contribution in [0.4, 0.5) is 18.9 Å². The Morgan fingerprint density at radius 3 is 2.74 bits per heavy atom. The van der Waals surface area contributed by atoms with E-state index in [0.29, 0.717) is 36.2 Å². The van der Waals surface area contributed by atoms with E-state index in [0.717, 1.165) is 6.20 Å². The van der Waals surface area contributed by atoms with E-state index in [1.165, 1.54) is 4.90 Å². The Kier molecular flexibility index (Phi) is 5.30. The van der Waals surface area contributed by atoms with E-state index < -0.39 is 18.0 Å². The molecule has 1 atom stereocenters. The molecule has 0 aliphatic carbocycles. The number of anilines is 1. The molecule has 124 valence electrons. The summed E-state index contributed by atoms with van der Waals surface area (Å²) in [5.41, 5.74) is 0.504. The number of nitrogens with zero attached hydrogens (tertiary/aromatic N) is 1. The summed E-state index contributed by atoms with van der Waals surface area (Å²) in [4.78, 5) is 24.5. The van der Waals surface area contributed by atoms with Gasteiger partial charge >= 0.3 is 6.18 Å². The van der Waals surface area contributed by atoms with Crippen molar-refractivity contribution < 1.29 is 22.8 Å². The summed E-state index contributed by atoms with van der Waals surface area (Å²) in [5, 5.41) is 3.13. The molecule has 0 spiro atoms. The number of likely N-dealkylation sites (tertiary alicyclic amines) is 1. The molecule has 1 fully saturated rings. The van der Waals surface area contributed by atoms with Gasteiger partial charge in [0.05, 0.1) is 0 Å². The van der Waals surface area contributed by atoms with Gasteiger partial charge in [0.2, 0.25) is 5.91 Å². The van der Waals surface area contributed by atoms with Crippen molar-refractivity contribution in [2.75, 3.05) is 11.9 Å². The van der Waals surface area contributed by atoms with Gasteiger partial charge in [0.25, 0.3) is 5.78 Å². The van der Waals surface area contributed by atoms with Crippen molar-refractivity contribution in [3.05, 3.63) is 41.6 Å². The molecule has 1 unspecified atom stereocenters. The first kappa shape index (κ1) is 17.3. The number of ketones is 1. The largest absolute Gasteiger partial charge is 0.454 e. The number of rotatable bonds is 4. The number of carbonyl (C=O) groups excluding carboxylic acids is 2. The van der Waals surface area contributed by atoms with Gasteiger partial charge in [0.15, 0.2) is 0 Å². The quantitative estimate of drug-likeness (QED) is 0.850. The normalized spacial score (nSPS) is 18.4. The first-order chi connectivity index (χ1) is 10.8. The zero-order chi connectivity index (χ0) is 17.0. The highest BCUT2D eigenvalue weighted by atomic mass is 35.5. The number of amides is 1. The molecule has 1 heterocycles. The zero-order valence-electron chi connectivity index (χ0n) is 11.9. The Hall–Kier alpha value is -2.02. The maximum Gasteiger partial charge on any atom is 0.454 e. The Bertz CT molecular complexity index is 631. The number of nitrogens with one attached hydrogen (secondary N) is 1. The summed E-state index contributed by atoms with van der Waals surface area (Å²) in [6.07, 6.45) is -2.28. The molecule has 2 rings (SSSR count). The monoisotopic (exact) mass is 346 g/mol. The number of halogens is 4. The fourth-order valence-electron chi connectivity index (χ4n) is 2.30. The molecule has 0 bridgehead atoms. The number of hydrogen-bond acceptors (Lipinski definition) is 3. The average Bonchev–Trinajstić information content (AvgIpc) is 2.92. The van der Waals surface area contributed by atoms with E-state index in [1.807, 2.05) is 0 Å². The minimum Gasteiger partial charge on any atom is -0.365 e. The summed E-state index contributed by atoms with van der Waals surface area (Å²) in [6.45, 7) is 0.412. The molecule has 1 amide bonds. The highest BCUT2D eigenvalue weighted by Gasteiger charge is 2.37. The summed E-state index contributed by atoms with van der Waals surface area (Å²) in [6, 6.07) is 5.94. The van der Waals surface area contributed by atoms with E-state index in [9.17, 15) is 22.8 Å². The van der Waals surface area contributed by atoms with Gasteiger partial charge in [0, 0.05) is 29.5 Å². The first-order valence-electron chi connectivity index (χ1n) is 6.89. The van der Waals surface area contributed by atoms with Crippen LogP contribution in [0.3, 0.4) is 0 Å². The van der Waals surface area contributed by atoms with E-state index in [-0.39, 0.29) is 5.91 Å². The van der Waals surface area contributed by atoms with Crippen LogP contribution < -0.4 is 5.32 Å². The van der Waals surface area contributed by atoms with Gasteiger partial charge in [0.1, 0.15) is 6.04 Å². The highest BCUT2D eigenvalue weighted by Crippen LogP contribution is 2.22. The summed E-state index contributed by atoms with van der Waals surface area (Å²) < 4.78 is 36.6. The minimum atomic E-state index is -4.91. The molecule has 23 heavy (non-hydrogen) atoms. The average molecular weight is 347 g/mol. The van der Waals surface area contributed by atoms with E-state index in [2.05, 4.69) is 5.32 Å². The number of hydrogen-bond donors (Lipinski definition) is 1. The molecule has 1 N–H and O–H groups in total. The van der Waals surface area contributed by atoms with Gasteiger partial charge in [-0.3, -0.25) is 9.59 Å². The van der Waals surface area contributed by atoms with Gasteiger partial charge in [-0.1, -0.05) is 17.7 Å². The molecule has 1 aromatic rings. The Morgan fingerprint density at radius 2 is 2.09 bits per heavy atom. The Labute approximate surface area is 135 Å². The molecule has 1 aromatic carbocycles. The third-order valence-corrected chi connectivity index (χ3v) is 3.62. The maximum atomic E-state index is 12.2. The van der Waals surface area contributed by atoms with Crippen molar-refractivity contribution in [3.63, 3.8) is 0 Å². The van der Waals surface area contributed by atoms with Crippen molar-refractivity contribution in [2.24, 2.45) is 0 Å². The molecule has 4 nitrogen and oxygen atoms in total. The second kappa shape index (κ2) is 7.04. The maximum absolute atomic E-state index is 12.2. The predicted octanol–water partition coefficient (Wildman–Crippen LogP) is 3.39. The minimum absolute atomic E-state index is 0.353. The fraction of sp³-hybridized carbons (Fsp3) is 0.333. The highest BCUT2D eigenvalue weighted by molar-refractivity contribution is 6.30. The topological polar surface area (TPSA) is 49.4 Å². The second-order valence-corrected chi connectivity index (χ2v) is 5.51. The molecule has 1 saturated heterocycles. The smallest absolute Gasteiger partial charge is 0.365 e. The lowest BCUT2D eigenvalue weighted by molar-refractivity contribution is -0.165. The van der Waals surface area contributed by atoms with Crippen LogP contribution in [0.15, 0.2) is 36.5 Å². The second-order valence-electron chi connectivity index (χ2n) is 5.07. The van der Waals surface area contributed by atoms with Gasteiger partial charge < -0.3 is 10.2 Å². The summed E-state index contributed by atoms with van der Waals surface area (Å²) in [5.74, 6) is -2.30. The summed E-state index contributed by atoms with van der Waals surface area (Å²) >= 11 is 5.83. The third kappa shape index (κ3) is 4.72. The van der Waals surface area contributed by atoms with Crippen molar-refractivity contribution in [3.8, 4) is 0 Å². The molecule has 1 aliphatic heterocycles. The van der Waals surface area contributed by atoms with Gasteiger partial charge in [-0.05, 0) is 31.0 Å². The number of alkyl halides is 3. The van der Waals surface area contributed by atoms with Crippen LogP contribution in [0, 0.1) is 0 Å². The molecule has 0 saturated carbocycles. The van der Waals surface area contributed by atoms with Gasteiger partial charge in [-0.2, -0.15) is 13.2 Å². The standard InChI is InChI=1S/C15H14ClF3N2O2/c16-10-3-1-4-11(9-10)20-14(23)12-5-2-7-21(12)8-6-13(22)15(17,18)19/h1,3-4,6,8-9,12H,2,5,7H2,(H,20,23). The van der Waals surface area contributed by atoms with Crippen LogP contribution in [0.25, 0.3) is 0 Å². The summed E-state index contributed by atoms with van der Waals surface area (Å²) in [7, 11) is 0. The number of carbonyl (C=O) groups is 2. The van der Waals surface area contributed by atoms with Crippen LogP contribution >= 0.6 is 11.6 Å². The number of benzene rings is 1. The van der Waals surface area contributed by atoms with Gasteiger partial charge in [-0.25, -0.2) is 0 Å². The third-order valence-electron chi connectivity index (χ3n) is 3.39. The van der Waals surface area contributed by atoms with Crippen molar-refractivity contribution in [1.29, 1.82) is 0 Å². The first-order valence-corrected chi connectivity index (χ1v) is 7.27. The van der Waals surface area contributed by atoms with Crippen LogP contribution in [0.1, 0.15) is 12.8 Å². The molecule has 8 heteroatoms. The zero-order valence-corrected chi connectivity index (χ0v) is 12.7. The van der Waals surface area contributed by atoms with Gasteiger partial charge in [-0.15, -0.1) is 0 Å². The van der Waals surface area contributed by atoms with E-state index in [1.54, 1.807) is 24.3 Å². The predicted molar refractivity (Wildman–Crippen MR) is 80.0 cm³/mol. The molecule has 0 radical (unpaired) electrons. The molecule has 1 aliphatic rings. The Balaban J connectivity index is 2.02. The SMILES string of the molecule is O=C(Nc1cccc(Cl)c1)C1CCCN1C=CC(=O)C(F)(F)F. The van der Waals surface area contributed by atoms with Crippen LogP contribution in [-0.4, -0.2) is 35.4 Å². The van der Waals surface area contributed by atoms with E-state index >= 15 is 0 Å². The lowest BCUT2D eigenvalue weighted by atomic mass is 10.2. The van der Waals surface area contributed by atoms with Crippen molar-refractivity contribution in [2.45, 2.75) is 25.1 Å². The van der Waals surface area contributed by atoms with Crippen molar-refractivity contribution in [1.82, 2.24) is 4.90 Å². The molecule has 0 aromatic heterocycles. The lowest BCUT2D eigenvalue weighted by Crippen LogP contribution is -2.36. The molecular weight excluding hydrogens is 333 g/mol. The lowest BCUT2D eigenvalue weighted by Gasteiger charge is -2.22. The number of allylic oxidation sites excluding steroid dienone is 1. The fourth-order valence-corrected chi connectivity index (χ4v) is 2.49.